The Hall–Kier alpha value is -2.75. The average Bonchev–Trinajstić information content (AvgIpc) is 2.56. The lowest BCUT2D eigenvalue weighted by atomic mass is 10.3. The van der Waals surface area contributed by atoms with Gasteiger partial charge in [0.25, 0.3) is 10.0 Å². The van der Waals surface area contributed by atoms with Crippen LogP contribution >= 0.6 is 0 Å². The molecule has 0 aromatic heterocycles. The monoisotopic (exact) mass is 388 g/mol. The minimum atomic E-state index is -5.03. The first-order chi connectivity index (χ1) is 12.1. The van der Waals surface area contributed by atoms with Crippen molar-refractivity contribution in [2.45, 2.75) is 18.0 Å². The van der Waals surface area contributed by atoms with Gasteiger partial charge in [0.05, 0.1) is 11.5 Å². The molecule has 1 amide bonds. The molecule has 0 saturated heterocycles. The van der Waals surface area contributed by atoms with Crippen molar-refractivity contribution in [2.24, 2.45) is 0 Å². The summed E-state index contributed by atoms with van der Waals surface area (Å²) in [5.41, 5.74) is 0.121. The predicted octanol–water partition coefficient (Wildman–Crippen LogP) is 3.39. The number of benzene rings is 2. The molecule has 10 heteroatoms. The van der Waals surface area contributed by atoms with Gasteiger partial charge in [-0.1, -0.05) is 0 Å². The number of halogens is 3. The zero-order valence-electron chi connectivity index (χ0n) is 13.5. The minimum Gasteiger partial charge on any atom is -0.494 e. The van der Waals surface area contributed by atoms with Gasteiger partial charge in [-0.25, -0.2) is 8.42 Å². The van der Waals surface area contributed by atoms with Crippen molar-refractivity contribution in [1.29, 1.82) is 0 Å². The second-order valence-corrected chi connectivity index (χ2v) is 6.72. The minimum absolute atomic E-state index is 0.170. The van der Waals surface area contributed by atoms with Crippen molar-refractivity contribution in [3.63, 3.8) is 0 Å². The Balaban J connectivity index is 2.10. The third kappa shape index (κ3) is 5.12. The molecule has 0 radical (unpaired) electrons. The summed E-state index contributed by atoms with van der Waals surface area (Å²) in [5.74, 6) is -1.55. The van der Waals surface area contributed by atoms with Crippen LogP contribution in [0.1, 0.15) is 6.92 Å². The van der Waals surface area contributed by atoms with Crippen LogP contribution in [0.15, 0.2) is 53.4 Å². The molecule has 0 aliphatic heterocycles. The number of carbonyl (C=O) groups is 1. The second-order valence-electron chi connectivity index (χ2n) is 5.04. The second kappa shape index (κ2) is 7.65. The van der Waals surface area contributed by atoms with E-state index in [1.165, 1.54) is 12.1 Å². The van der Waals surface area contributed by atoms with Crippen LogP contribution in [0.5, 0.6) is 5.75 Å². The van der Waals surface area contributed by atoms with E-state index >= 15 is 0 Å². The van der Waals surface area contributed by atoms with Crippen LogP contribution in [-0.2, 0) is 14.8 Å². The van der Waals surface area contributed by atoms with Crippen LogP contribution < -0.4 is 14.8 Å². The summed E-state index contributed by atoms with van der Waals surface area (Å²) >= 11 is 0. The largest absolute Gasteiger partial charge is 0.494 e. The Kier molecular flexibility index (Phi) is 5.76. The Labute approximate surface area is 148 Å². The van der Waals surface area contributed by atoms with Crippen molar-refractivity contribution >= 4 is 27.3 Å². The molecule has 2 aromatic carbocycles. The summed E-state index contributed by atoms with van der Waals surface area (Å²) in [6, 6.07) is 10.5. The Bertz CT molecular complexity index is 864. The lowest BCUT2D eigenvalue weighted by Gasteiger charge is -2.11. The quantitative estimate of drug-likeness (QED) is 0.795. The van der Waals surface area contributed by atoms with Gasteiger partial charge in [-0.2, -0.15) is 13.2 Å². The summed E-state index contributed by atoms with van der Waals surface area (Å²) in [7, 11) is -3.94. The van der Waals surface area contributed by atoms with Gasteiger partial charge in [0.15, 0.2) is 0 Å². The summed E-state index contributed by atoms with van der Waals surface area (Å²) in [5, 5.41) is 1.64. The number of carbonyl (C=O) groups excluding carboxylic acids is 1. The normalized spacial score (nSPS) is 11.7. The summed E-state index contributed by atoms with van der Waals surface area (Å²) < 4.78 is 68.8. The highest BCUT2D eigenvalue weighted by atomic mass is 32.2. The topological polar surface area (TPSA) is 84.5 Å². The summed E-state index contributed by atoms with van der Waals surface area (Å²) in [6.45, 7) is 2.29. The molecule has 26 heavy (non-hydrogen) atoms. The molecule has 2 rings (SSSR count). The van der Waals surface area contributed by atoms with Gasteiger partial charge in [-0.05, 0) is 55.5 Å². The smallest absolute Gasteiger partial charge is 0.471 e. The van der Waals surface area contributed by atoms with Crippen LogP contribution in [0.25, 0.3) is 0 Å². The number of amides is 1. The van der Waals surface area contributed by atoms with Crippen LogP contribution in [-0.4, -0.2) is 27.1 Å². The number of anilines is 2. The molecular weight excluding hydrogens is 373 g/mol. The summed E-state index contributed by atoms with van der Waals surface area (Å²) in [4.78, 5) is 10.7. The van der Waals surface area contributed by atoms with Gasteiger partial charge in [-0.15, -0.1) is 0 Å². The molecule has 0 atom stereocenters. The van der Waals surface area contributed by atoms with Gasteiger partial charge in [0, 0.05) is 11.4 Å². The molecule has 0 spiro atoms. The molecule has 2 N–H and O–H groups in total. The highest BCUT2D eigenvalue weighted by Crippen LogP contribution is 2.22. The summed E-state index contributed by atoms with van der Waals surface area (Å²) in [6.07, 6.45) is -5.03. The number of sulfonamides is 1. The molecule has 2 aromatic rings. The average molecular weight is 388 g/mol. The molecule has 140 valence electrons. The van der Waals surface area contributed by atoms with Gasteiger partial charge in [0.2, 0.25) is 0 Å². The SMILES string of the molecule is CCOc1ccc(NS(=O)(=O)c2ccc(NC(=O)C(F)(F)F)cc2)cc1. The highest BCUT2D eigenvalue weighted by Gasteiger charge is 2.38. The molecule has 0 unspecified atom stereocenters. The molecule has 0 heterocycles. The van der Waals surface area contributed by atoms with E-state index in [9.17, 15) is 26.4 Å². The molecule has 0 bridgehead atoms. The molecular formula is C16H15F3N2O4S. The lowest BCUT2D eigenvalue weighted by molar-refractivity contribution is -0.167. The zero-order chi connectivity index (χ0) is 19.4. The van der Waals surface area contributed by atoms with E-state index in [0.717, 1.165) is 24.3 Å². The van der Waals surface area contributed by atoms with Crippen molar-refractivity contribution in [3.8, 4) is 5.75 Å². The zero-order valence-corrected chi connectivity index (χ0v) is 14.3. The molecule has 6 nitrogen and oxygen atoms in total. The van der Waals surface area contributed by atoms with Gasteiger partial charge < -0.3 is 10.1 Å². The fourth-order valence-corrected chi connectivity index (χ4v) is 2.98. The molecule has 0 fully saturated rings. The van der Waals surface area contributed by atoms with Crippen LogP contribution in [0, 0.1) is 0 Å². The van der Waals surface area contributed by atoms with Crippen molar-refractivity contribution in [1.82, 2.24) is 0 Å². The number of nitrogens with one attached hydrogen (secondary N) is 2. The van der Waals surface area contributed by atoms with E-state index in [2.05, 4.69) is 4.72 Å². The van der Waals surface area contributed by atoms with Crippen LogP contribution in [0.4, 0.5) is 24.5 Å². The molecule has 0 saturated carbocycles. The first-order valence-corrected chi connectivity index (χ1v) is 8.84. The van der Waals surface area contributed by atoms with E-state index in [0.29, 0.717) is 18.0 Å². The van der Waals surface area contributed by atoms with Gasteiger partial charge >= 0.3 is 12.1 Å². The van der Waals surface area contributed by atoms with E-state index in [-0.39, 0.29) is 10.6 Å². The predicted molar refractivity (Wildman–Crippen MR) is 89.5 cm³/mol. The third-order valence-electron chi connectivity index (χ3n) is 3.10. The molecule has 0 aliphatic rings. The third-order valence-corrected chi connectivity index (χ3v) is 4.49. The lowest BCUT2D eigenvalue weighted by Crippen LogP contribution is -2.29. The Morgan fingerprint density at radius 3 is 2.04 bits per heavy atom. The standard InChI is InChI=1S/C16H15F3N2O4S/c1-2-25-13-7-3-12(4-8-13)21-26(23,24)14-9-5-11(6-10-14)20-15(22)16(17,18)19/h3-10,21H,2H2,1H3,(H,20,22). The van der Waals surface area contributed by atoms with Crippen LogP contribution in [0.3, 0.4) is 0 Å². The maximum Gasteiger partial charge on any atom is 0.471 e. The first-order valence-electron chi connectivity index (χ1n) is 7.36. The van der Waals surface area contributed by atoms with Crippen molar-refractivity contribution < 1.29 is 31.1 Å². The van der Waals surface area contributed by atoms with Crippen LogP contribution in [0.2, 0.25) is 0 Å². The number of ether oxygens (including phenoxy) is 1. The van der Waals surface area contributed by atoms with Gasteiger partial charge in [0.1, 0.15) is 5.75 Å². The highest BCUT2D eigenvalue weighted by molar-refractivity contribution is 7.92. The van der Waals surface area contributed by atoms with E-state index in [1.807, 2.05) is 6.92 Å². The van der Waals surface area contributed by atoms with Crippen molar-refractivity contribution in [3.05, 3.63) is 48.5 Å². The number of hydrogen-bond acceptors (Lipinski definition) is 4. The van der Waals surface area contributed by atoms with E-state index in [4.69, 9.17) is 4.74 Å². The maximum atomic E-state index is 12.3. The number of rotatable bonds is 6. The Morgan fingerprint density at radius 1 is 1.00 bits per heavy atom. The fourth-order valence-electron chi connectivity index (χ4n) is 1.92. The van der Waals surface area contributed by atoms with E-state index in [1.54, 1.807) is 17.4 Å². The van der Waals surface area contributed by atoms with Gasteiger partial charge in [-0.3, -0.25) is 9.52 Å². The van der Waals surface area contributed by atoms with Crippen molar-refractivity contribution in [2.75, 3.05) is 16.6 Å². The first kappa shape index (κ1) is 19.6. The molecule has 0 aliphatic carbocycles. The number of hydrogen-bond donors (Lipinski definition) is 2. The maximum absolute atomic E-state index is 12.3. The fraction of sp³-hybridized carbons (Fsp3) is 0.188. The number of alkyl halides is 3. The van der Waals surface area contributed by atoms with E-state index < -0.39 is 22.1 Å². The Morgan fingerprint density at radius 2 is 1.54 bits per heavy atom.